The number of ketones is 1. The fraction of sp³-hybridized carbons (Fsp3) is 0.333. The quantitative estimate of drug-likeness (QED) is 0.370. The first-order valence-corrected chi connectivity index (χ1v) is 14.3. The summed E-state index contributed by atoms with van der Waals surface area (Å²) in [6, 6.07) is 14.7. The van der Waals surface area contributed by atoms with E-state index in [1.165, 1.54) is 50.2 Å². The number of ether oxygens (including phenoxy) is 2. The molecule has 218 valence electrons. The first-order chi connectivity index (χ1) is 20.1. The van der Waals surface area contributed by atoms with Crippen molar-refractivity contribution in [3.63, 3.8) is 0 Å². The summed E-state index contributed by atoms with van der Waals surface area (Å²) in [5.74, 6) is -1.04. The first kappa shape index (κ1) is 27.2. The number of hydroxylamine groups is 1. The summed E-state index contributed by atoms with van der Waals surface area (Å²) < 4.78 is 66.4. The minimum Gasteiger partial charge on any atom is -0.493 e. The topological polar surface area (TPSA) is 68.3 Å². The van der Waals surface area contributed by atoms with E-state index in [2.05, 4.69) is 4.84 Å². The molecular weight excluding hydrogens is 576 g/mol. The number of rotatable bonds is 4. The van der Waals surface area contributed by atoms with E-state index in [0.29, 0.717) is 44.9 Å². The lowest BCUT2D eigenvalue weighted by molar-refractivity contribution is -0.327. The summed E-state index contributed by atoms with van der Waals surface area (Å²) in [5, 5.41) is 0.293. The number of halogens is 4. The Kier molecular flexibility index (Phi) is 5.96. The molecule has 3 aromatic carbocycles. The van der Waals surface area contributed by atoms with Gasteiger partial charge in [0.25, 0.3) is 5.91 Å². The van der Waals surface area contributed by atoms with Gasteiger partial charge in [-0.05, 0) is 47.9 Å². The number of hydrogen-bond acceptors (Lipinski definition) is 7. The van der Waals surface area contributed by atoms with Crippen molar-refractivity contribution in [1.82, 2.24) is 4.90 Å². The van der Waals surface area contributed by atoms with Crippen LogP contribution in [0.3, 0.4) is 0 Å². The number of thioether (sulfide) groups is 1. The highest BCUT2D eigenvalue weighted by molar-refractivity contribution is 7.99. The molecular formula is C30H24F4N2O5S. The van der Waals surface area contributed by atoms with Crippen molar-refractivity contribution in [1.29, 1.82) is 0 Å². The second-order valence-electron chi connectivity index (χ2n) is 10.8. The van der Waals surface area contributed by atoms with E-state index in [9.17, 15) is 22.4 Å². The van der Waals surface area contributed by atoms with Crippen molar-refractivity contribution in [3.8, 4) is 11.5 Å². The maximum atomic E-state index is 15.0. The number of amides is 1. The molecule has 3 aliphatic heterocycles. The normalized spacial score (nSPS) is 28.1. The number of carbonyl (C=O) groups is 2. The number of fused-ring (bicyclic) bond motifs is 6. The Morgan fingerprint density at radius 2 is 1.67 bits per heavy atom. The predicted molar refractivity (Wildman–Crippen MR) is 145 cm³/mol. The summed E-state index contributed by atoms with van der Waals surface area (Å²) >= 11 is 1.53. The van der Waals surface area contributed by atoms with Gasteiger partial charge in [-0.1, -0.05) is 30.3 Å². The Morgan fingerprint density at radius 1 is 0.976 bits per heavy atom. The van der Waals surface area contributed by atoms with Gasteiger partial charge in [0.1, 0.15) is 11.4 Å². The lowest BCUT2D eigenvalue weighted by Crippen LogP contribution is -2.60. The summed E-state index contributed by atoms with van der Waals surface area (Å²) in [6.45, 7) is 0. The third-order valence-electron chi connectivity index (χ3n) is 9.07. The monoisotopic (exact) mass is 600 g/mol. The highest BCUT2D eigenvalue weighted by atomic mass is 32.2. The fourth-order valence-corrected chi connectivity index (χ4v) is 9.04. The molecule has 2 fully saturated rings. The van der Waals surface area contributed by atoms with Crippen LogP contribution in [0.5, 0.6) is 11.5 Å². The SMILES string of the molecule is COc1cc2c(cc1OC)C(=O)[C@]1(C2)[C@@H](c2ccc(F)cc2)[C@@H]2CSCN2[C@@]12C(=O)N(OC(F)(F)F)c1ccccc12. The molecule has 2 saturated heterocycles. The predicted octanol–water partition coefficient (Wildman–Crippen LogP) is 5.43. The van der Waals surface area contributed by atoms with Crippen LogP contribution >= 0.6 is 11.8 Å². The fourth-order valence-electron chi connectivity index (χ4n) is 7.74. The zero-order valence-electron chi connectivity index (χ0n) is 22.4. The van der Waals surface area contributed by atoms with Gasteiger partial charge >= 0.3 is 6.36 Å². The molecule has 0 unspecified atom stereocenters. The summed E-state index contributed by atoms with van der Waals surface area (Å²) in [7, 11) is 2.90. The molecule has 0 saturated carbocycles. The van der Waals surface area contributed by atoms with Crippen molar-refractivity contribution in [2.24, 2.45) is 5.41 Å². The van der Waals surface area contributed by atoms with Crippen molar-refractivity contribution in [2.75, 3.05) is 30.9 Å². The van der Waals surface area contributed by atoms with E-state index in [-0.39, 0.29) is 17.7 Å². The Balaban J connectivity index is 1.55. The Morgan fingerprint density at radius 3 is 2.36 bits per heavy atom. The summed E-state index contributed by atoms with van der Waals surface area (Å²) in [5.41, 5.74) is -1.77. The van der Waals surface area contributed by atoms with Gasteiger partial charge in [0.15, 0.2) is 17.3 Å². The molecule has 4 aliphatic rings. The van der Waals surface area contributed by atoms with Gasteiger partial charge < -0.3 is 9.47 Å². The van der Waals surface area contributed by atoms with Gasteiger partial charge in [0.2, 0.25) is 0 Å². The van der Waals surface area contributed by atoms with E-state index in [1.807, 2.05) is 4.90 Å². The van der Waals surface area contributed by atoms with Crippen molar-refractivity contribution < 1.29 is 41.5 Å². The molecule has 7 nitrogen and oxygen atoms in total. The molecule has 12 heteroatoms. The van der Waals surface area contributed by atoms with Crippen LogP contribution in [0.15, 0.2) is 60.7 Å². The molecule has 4 atom stereocenters. The van der Waals surface area contributed by atoms with E-state index in [4.69, 9.17) is 9.47 Å². The lowest BCUT2D eigenvalue weighted by atomic mass is 9.58. The molecule has 7 rings (SSSR count). The Hall–Kier alpha value is -3.61. The average molecular weight is 601 g/mol. The van der Waals surface area contributed by atoms with Crippen LogP contribution in [0.4, 0.5) is 23.2 Å². The van der Waals surface area contributed by atoms with E-state index < -0.39 is 46.8 Å². The molecule has 1 amide bonds. The van der Waals surface area contributed by atoms with E-state index in [1.54, 1.807) is 36.4 Å². The number of Topliss-reactive ketones (excluding diaryl/α,β-unsaturated/α-hetero) is 1. The van der Waals surface area contributed by atoms with Gasteiger partial charge in [0, 0.05) is 34.7 Å². The van der Waals surface area contributed by atoms with Crippen LogP contribution in [0.25, 0.3) is 0 Å². The average Bonchev–Trinajstić information content (AvgIpc) is 3.67. The minimum atomic E-state index is -5.17. The summed E-state index contributed by atoms with van der Waals surface area (Å²) in [4.78, 5) is 36.0. The number of para-hydroxylation sites is 1. The molecule has 0 bridgehead atoms. The minimum absolute atomic E-state index is 0.0289. The largest absolute Gasteiger partial charge is 0.544 e. The van der Waals surface area contributed by atoms with Crippen LogP contribution in [-0.2, 0) is 21.6 Å². The number of benzene rings is 3. The molecule has 0 N–H and O–H groups in total. The third-order valence-corrected chi connectivity index (χ3v) is 10.1. The van der Waals surface area contributed by atoms with Crippen LogP contribution in [0.2, 0.25) is 0 Å². The Bertz CT molecular complexity index is 1630. The highest BCUT2D eigenvalue weighted by Crippen LogP contribution is 2.71. The van der Waals surface area contributed by atoms with Crippen molar-refractivity contribution >= 4 is 29.1 Å². The van der Waals surface area contributed by atoms with Gasteiger partial charge in [-0.2, -0.15) is 9.90 Å². The zero-order valence-corrected chi connectivity index (χ0v) is 23.2. The smallest absolute Gasteiger partial charge is 0.493 e. The second kappa shape index (κ2) is 9.19. The molecule has 3 aromatic rings. The number of nitrogens with zero attached hydrogens (tertiary/aromatic N) is 2. The van der Waals surface area contributed by atoms with Gasteiger partial charge in [-0.3, -0.25) is 14.5 Å². The Labute approximate surface area is 242 Å². The van der Waals surface area contributed by atoms with Gasteiger partial charge in [0.05, 0.1) is 25.3 Å². The molecule has 42 heavy (non-hydrogen) atoms. The zero-order chi connectivity index (χ0) is 29.6. The number of carbonyl (C=O) groups excluding carboxylic acids is 2. The number of methoxy groups -OCH3 is 2. The number of anilines is 1. The van der Waals surface area contributed by atoms with E-state index >= 15 is 4.79 Å². The summed E-state index contributed by atoms with van der Waals surface area (Å²) in [6.07, 6.45) is -5.14. The van der Waals surface area contributed by atoms with Crippen molar-refractivity contribution in [2.45, 2.75) is 30.3 Å². The number of hydrogen-bond donors (Lipinski definition) is 0. The van der Waals surface area contributed by atoms with Crippen LogP contribution in [0, 0.1) is 11.2 Å². The van der Waals surface area contributed by atoms with Gasteiger partial charge in [-0.25, -0.2) is 4.39 Å². The third kappa shape index (κ3) is 3.36. The maximum Gasteiger partial charge on any atom is 0.544 e. The lowest BCUT2D eigenvalue weighted by Gasteiger charge is -2.44. The van der Waals surface area contributed by atoms with E-state index in [0.717, 1.165) is 0 Å². The van der Waals surface area contributed by atoms with Crippen molar-refractivity contribution in [3.05, 3.63) is 88.7 Å². The van der Waals surface area contributed by atoms with Crippen LogP contribution in [-0.4, -0.2) is 54.8 Å². The second-order valence-corrected chi connectivity index (χ2v) is 11.8. The molecule has 1 aliphatic carbocycles. The maximum absolute atomic E-state index is 15.0. The molecule has 0 aromatic heterocycles. The van der Waals surface area contributed by atoms with Crippen LogP contribution in [0.1, 0.15) is 33.0 Å². The number of alkyl halides is 3. The molecule has 3 heterocycles. The molecule has 0 radical (unpaired) electrons. The van der Waals surface area contributed by atoms with Gasteiger partial charge in [-0.15, -0.1) is 24.9 Å². The standard InChI is InChI=1S/C30H24F4N2O5S/c1-39-23-11-17-13-28(26(37)19(17)12-24(23)40-2)25(16-7-9-18(31)10-8-16)22-14-42-15-35(22)29(28)20-5-3-4-6-21(20)36(27(29)38)41-30(32,33)34/h3-12,22,25H,13-15H2,1-2H3/t22-,25-,28-,29-/m0/s1. The first-order valence-electron chi connectivity index (χ1n) is 13.2. The van der Waals surface area contributed by atoms with Crippen LogP contribution < -0.4 is 14.5 Å². The molecule has 2 spiro atoms. The highest BCUT2D eigenvalue weighted by Gasteiger charge is 2.80.